The molecule has 6 fully saturated rings. The molecule has 6 heteroatoms. The summed E-state index contributed by atoms with van der Waals surface area (Å²) in [4.78, 5) is 11.8. The maximum Gasteiger partial charge on any atom is 0.201 e. The summed E-state index contributed by atoms with van der Waals surface area (Å²) in [5.41, 5.74) is -1.88. The molecule has 0 aromatic rings. The molecule has 4 aliphatic heterocycles. The predicted molar refractivity (Wildman–Crippen MR) is 87.0 cm³/mol. The minimum absolute atomic E-state index is 0.133. The zero-order valence-electron chi connectivity index (χ0n) is 15.4. The molecule has 6 nitrogen and oxygen atoms in total. The number of aliphatic hydroxyl groups is 1. The van der Waals surface area contributed by atoms with Gasteiger partial charge in [-0.05, 0) is 63.7 Å². The van der Waals surface area contributed by atoms with Gasteiger partial charge in [-0.3, -0.25) is 0 Å². The van der Waals surface area contributed by atoms with E-state index in [0.29, 0.717) is 18.4 Å². The van der Waals surface area contributed by atoms with Crippen LogP contribution >= 0.6 is 0 Å². The van der Waals surface area contributed by atoms with Crippen molar-refractivity contribution in [3.8, 4) is 0 Å². The third-order valence-corrected chi connectivity index (χ3v) is 7.33. The van der Waals surface area contributed by atoms with Crippen LogP contribution in [-0.2, 0) is 24.0 Å². The van der Waals surface area contributed by atoms with Gasteiger partial charge in [-0.2, -0.15) is 0 Å². The van der Waals surface area contributed by atoms with E-state index in [2.05, 4.69) is 6.92 Å². The largest absolute Gasteiger partial charge is 0.384 e. The highest BCUT2D eigenvalue weighted by molar-refractivity contribution is 5.13. The van der Waals surface area contributed by atoms with Gasteiger partial charge < -0.3 is 19.3 Å². The van der Waals surface area contributed by atoms with Crippen LogP contribution in [0.4, 0.5) is 0 Å². The summed E-state index contributed by atoms with van der Waals surface area (Å²) in [6, 6.07) is 0. The summed E-state index contributed by atoms with van der Waals surface area (Å²) >= 11 is 0. The number of ether oxygens (including phenoxy) is 3. The minimum Gasteiger partial charge on any atom is -0.384 e. The molecule has 0 aromatic heterocycles. The average Bonchev–Trinajstić information content (AvgIpc) is 3.38. The summed E-state index contributed by atoms with van der Waals surface area (Å²) < 4.78 is 18.5. The van der Waals surface area contributed by atoms with E-state index in [4.69, 9.17) is 24.0 Å². The molecule has 6 aliphatic rings. The molecule has 1 N–H and O–H groups in total. The van der Waals surface area contributed by atoms with Gasteiger partial charge in [0.1, 0.15) is 5.60 Å². The Morgan fingerprint density at radius 3 is 2.64 bits per heavy atom. The van der Waals surface area contributed by atoms with Crippen LogP contribution in [-0.4, -0.2) is 41.3 Å². The van der Waals surface area contributed by atoms with E-state index >= 15 is 0 Å². The average molecular weight is 354 g/mol. The van der Waals surface area contributed by atoms with Crippen LogP contribution < -0.4 is 0 Å². The van der Waals surface area contributed by atoms with E-state index in [9.17, 15) is 5.11 Å². The van der Waals surface area contributed by atoms with Gasteiger partial charge in [0.25, 0.3) is 0 Å². The van der Waals surface area contributed by atoms with Crippen molar-refractivity contribution in [2.45, 2.75) is 88.9 Å². The normalized spacial score (nSPS) is 57.8. The van der Waals surface area contributed by atoms with Gasteiger partial charge >= 0.3 is 0 Å². The second kappa shape index (κ2) is 5.40. The SMILES string of the molecule is C[C@@H]1CC[C@@H]2[C@]34OO[C@@](C)(CC[C@@H]13)O[C@H]4OC(OCC1CC1)[C@]2(C)O. The molecule has 1 unspecified atom stereocenters. The van der Waals surface area contributed by atoms with Crippen LogP contribution in [0.15, 0.2) is 0 Å². The first-order valence-corrected chi connectivity index (χ1v) is 9.89. The molecule has 2 aliphatic carbocycles. The smallest absolute Gasteiger partial charge is 0.201 e. The maximum absolute atomic E-state index is 11.4. The molecular weight excluding hydrogens is 324 g/mol. The third kappa shape index (κ3) is 2.38. The van der Waals surface area contributed by atoms with Crippen molar-refractivity contribution in [1.29, 1.82) is 0 Å². The van der Waals surface area contributed by atoms with Crippen molar-refractivity contribution < 1.29 is 29.1 Å². The zero-order chi connectivity index (χ0) is 17.4. The molecule has 4 saturated heterocycles. The summed E-state index contributed by atoms with van der Waals surface area (Å²) in [5, 5.41) is 11.4. The quantitative estimate of drug-likeness (QED) is 0.786. The van der Waals surface area contributed by atoms with Gasteiger partial charge in [0.05, 0.1) is 6.61 Å². The molecule has 2 saturated carbocycles. The van der Waals surface area contributed by atoms with Gasteiger partial charge in [0.15, 0.2) is 18.2 Å². The van der Waals surface area contributed by atoms with Gasteiger partial charge in [0.2, 0.25) is 5.79 Å². The molecule has 6 rings (SSSR count). The summed E-state index contributed by atoms with van der Waals surface area (Å²) in [5.74, 6) is 0.415. The van der Waals surface area contributed by atoms with Crippen LogP contribution in [0.2, 0.25) is 0 Å². The highest BCUT2D eigenvalue weighted by atomic mass is 17.3. The molecule has 1 spiro atoms. The van der Waals surface area contributed by atoms with E-state index in [0.717, 1.165) is 25.7 Å². The fraction of sp³-hybridized carbons (Fsp3) is 1.00. The lowest BCUT2D eigenvalue weighted by atomic mass is 9.57. The van der Waals surface area contributed by atoms with Gasteiger partial charge in [-0.1, -0.05) is 6.92 Å². The number of hydrogen-bond donors (Lipinski definition) is 1. The Bertz CT molecular complexity index is 548. The van der Waals surface area contributed by atoms with E-state index in [1.165, 1.54) is 12.8 Å². The monoisotopic (exact) mass is 354 g/mol. The minimum atomic E-state index is -1.13. The molecule has 4 heterocycles. The topological polar surface area (TPSA) is 66.4 Å². The molecule has 142 valence electrons. The van der Waals surface area contributed by atoms with E-state index in [1.807, 2.05) is 13.8 Å². The molecule has 0 aromatic carbocycles. The van der Waals surface area contributed by atoms with Crippen LogP contribution in [0.3, 0.4) is 0 Å². The van der Waals surface area contributed by atoms with Gasteiger partial charge in [-0.25, -0.2) is 9.78 Å². The molecule has 8 atom stereocenters. The molecule has 2 bridgehead atoms. The molecule has 25 heavy (non-hydrogen) atoms. The standard InChI is InChI=1S/C19H30O6/c1-11-4-7-14-18(3,20)15(21-10-12-5-6-12)22-16-19(14)13(11)8-9-17(2,23-16)24-25-19/h11-16,20H,4-10H2,1-3H3/t11-,13+,14+,15?,16-,17+,18-,19-/m1/s1. The second-order valence-corrected chi connectivity index (χ2v) is 9.33. The second-order valence-electron chi connectivity index (χ2n) is 9.33. The van der Waals surface area contributed by atoms with E-state index in [1.54, 1.807) is 0 Å². The zero-order valence-corrected chi connectivity index (χ0v) is 15.4. The Balaban J connectivity index is 1.52. The van der Waals surface area contributed by atoms with Crippen molar-refractivity contribution in [1.82, 2.24) is 0 Å². The van der Waals surface area contributed by atoms with Crippen molar-refractivity contribution in [2.24, 2.45) is 23.7 Å². The number of rotatable bonds is 3. The van der Waals surface area contributed by atoms with Gasteiger partial charge in [0, 0.05) is 12.3 Å². The lowest BCUT2D eigenvalue weighted by Crippen LogP contribution is -2.75. The lowest BCUT2D eigenvalue weighted by Gasteiger charge is -2.62. The molecular formula is C19H30O6. The van der Waals surface area contributed by atoms with Crippen molar-refractivity contribution in [2.75, 3.05) is 6.61 Å². The number of hydrogen-bond acceptors (Lipinski definition) is 6. The van der Waals surface area contributed by atoms with Gasteiger partial charge in [-0.15, -0.1) is 0 Å². The third-order valence-electron chi connectivity index (χ3n) is 7.33. The van der Waals surface area contributed by atoms with Crippen LogP contribution in [0, 0.1) is 23.7 Å². The van der Waals surface area contributed by atoms with Crippen LogP contribution in [0.1, 0.15) is 59.3 Å². The Morgan fingerprint density at radius 2 is 1.88 bits per heavy atom. The first kappa shape index (κ1) is 16.9. The van der Waals surface area contributed by atoms with Crippen molar-refractivity contribution >= 4 is 0 Å². The fourth-order valence-corrected chi connectivity index (χ4v) is 5.60. The molecule has 0 radical (unpaired) electrons. The Morgan fingerprint density at radius 1 is 1.08 bits per heavy atom. The van der Waals surface area contributed by atoms with Crippen LogP contribution in [0.25, 0.3) is 0 Å². The maximum atomic E-state index is 11.4. The number of fused-ring (bicyclic) bond motifs is 2. The summed E-state index contributed by atoms with van der Waals surface area (Å²) in [6.07, 6.45) is 4.81. The van der Waals surface area contributed by atoms with E-state index < -0.39 is 29.6 Å². The lowest BCUT2D eigenvalue weighted by molar-refractivity contribution is -0.584. The van der Waals surface area contributed by atoms with Crippen molar-refractivity contribution in [3.05, 3.63) is 0 Å². The van der Waals surface area contributed by atoms with E-state index in [-0.39, 0.29) is 11.8 Å². The Labute approximate surface area is 149 Å². The highest BCUT2D eigenvalue weighted by Crippen LogP contribution is 2.61. The Kier molecular flexibility index (Phi) is 3.65. The van der Waals surface area contributed by atoms with Crippen LogP contribution in [0.5, 0.6) is 0 Å². The highest BCUT2D eigenvalue weighted by Gasteiger charge is 2.73. The van der Waals surface area contributed by atoms with Crippen molar-refractivity contribution in [3.63, 3.8) is 0 Å². The predicted octanol–water partition coefficient (Wildman–Crippen LogP) is 2.74. The summed E-state index contributed by atoms with van der Waals surface area (Å²) in [7, 11) is 0. The first-order chi connectivity index (χ1) is 11.9. The summed E-state index contributed by atoms with van der Waals surface area (Å²) in [6.45, 7) is 6.64. The molecule has 0 amide bonds. The fourth-order valence-electron chi connectivity index (χ4n) is 5.60. The first-order valence-electron chi connectivity index (χ1n) is 9.89. The Hall–Kier alpha value is -0.240.